The molecule has 2 atom stereocenters. The van der Waals surface area contributed by atoms with Gasteiger partial charge in [0.15, 0.2) is 0 Å². The lowest BCUT2D eigenvalue weighted by atomic mass is 10.1. The first kappa shape index (κ1) is 17.0. The molecule has 2 unspecified atom stereocenters. The maximum Gasteiger partial charge on any atom is 0.243 e. The fourth-order valence-electron chi connectivity index (χ4n) is 3.95. The zero-order valence-electron chi connectivity index (χ0n) is 13.0. The van der Waals surface area contributed by atoms with Gasteiger partial charge in [0, 0.05) is 18.6 Å². The standard InChI is InChI=1S/C16H22N2O3S.ClH/c19-22(20,18-13-3-4-14(18)11-17-8-7-13)15-5-6-16-12(10-15)2-1-9-21-16;/h5-6,10,13-14,17H,1-4,7-9,11H2;1H. The van der Waals surface area contributed by atoms with Crippen molar-refractivity contribution < 1.29 is 13.2 Å². The Morgan fingerprint density at radius 1 is 1.17 bits per heavy atom. The van der Waals surface area contributed by atoms with Crippen LogP contribution in [0, 0.1) is 0 Å². The summed E-state index contributed by atoms with van der Waals surface area (Å²) in [6.45, 7) is 2.40. The van der Waals surface area contributed by atoms with Gasteiger partial charge in [0.2, 0.25) is 10.0 Å². The second-order valence-electron chi connectivity index (χ2n) is 6.43. The summed E-state index contributed by atoms with van der Waals surface area (Å²) in [5, 5.41) is 3.36. The monoisotopic (exact) mass is 358 g/mol. The zero-order chi connectivity index (χ0) is 15.2. The molecule has 5 nitrogen and oxygen atoms in total. The number of fused-ring (bicyclic) bond motifs is 3. The Labute approximate surface area is 143 Å². The van der Waals surface area contributed by atoms with Gasteiger partial charge in [-0.3, -0.25) is 0 Å². The Hall–Kier alpha value is -0.820. The average Bonchev–Trinajstić information content (AvgIpc) is 2.80. The van der Waals surface area contributed by atoms with Crippen LogP contribution >= 0.6 is 12.4 Å². The molecule has 1 aromatic rings. The first-order valence-electron chi connectivity index (χ1n) is 8.16. The molecule has 7 heteroatoms. The van der Waals surface area contributed by atoms with Crippen molar-refractivity contribution in [2.75, 3.05) is 19.7 Å². The van der Waals surface area contributed by atoms with Crippen LogP contribution in [0.2, 0.25) is 0 Å². The Kier molecular flexibility index (Phi) is 4.88. The summed E-state index contributed by atoms with van der Waals surface area (Å²) in [5.74, 6) is 0.839. The van der Waals surface area contributed by atoms with Crippen LogP contribution in [0.3, 0.4) is 0 Å². The van der Waals surface area contributed by atoms with Gasteiger partial charge in [-0.05, 0) is 62.4 Å². The molecule has 128 valence electrons. The molecule has 3 heterocycles. The van der Waals surface area contributed by atoms with Crippen molar-refractivity contribution in [1.82, 2.24) is 9.62 Å². The fraction of sp³-hybridized carbons (Fsp3) is 0.625. The van der Waals surface area contributed by atoms with Gasteiger partial charge in [-0.15, -0.1) is 12.4 Å². The van der Waals surface area contributed by atoms with Gasteiger partial charge < -0.3 is 10.1 Å². The lowest BCUT2D eigenvalue weighted by Crippen LogP contribution is -2.42. The second-order valence-corrected chi connectivity index (χ2v) is 8.28. The summed E-state index contributed by atoms with van der Waals surface area (Å²) in [5.41, 5.74) is 1.02. The first-order valence-corrected chi connectivity index (χ1v) is 9.60. The van der Waals surface area contributed by atoms with Crippen LogP contribution in [0.5, 0.6) is 5.75 Å². The van der Waals surface area contributed by atoms with E-state index >= 15 is 0 Å². The number of hydrogen-bond donors (Lipinski definition) is 1. The fourth-order valence-corrected chi connectivity index (χ4v) is 5.90. The molecule has 0 aromatic heterocycles. The molecule has 2 saturated heterocycles. The average molecular weight is 359 g/mol. The van der Waals surface area contributed by atoms with E-state index in [-0.39, 0.29) is 24.5 Å². The minimum atomic E-state index is -3.42. The smallest absolute Gasteiger partial charge is 0.243 e. The molecule has 3 aliphatic heterocycles. The summed E-state index contributed by atoms with van der Waals surface area (Å²) in [4.78, 5) is 0.426. The third kappa shape index (κ3) is 2.97. The largest absolute Gasteiger partial charge is 0.493 e. The summed E-state index contributed by atoms with van der Waals surface area (Å²) < 4.78 is 33.7. The third-order valence-corrected chi connectivity index (χ3v) is 7.04. The SMILES string of the molecule is Cl.O=S(=O)(c1ccc2c(c1)CCCO2)N1C2CCNCC1CC2. The predicted molar refractivity (Wildman–Crippen MR) is 90.8 cm³/mol. The van der Waals surface area contributed by atoms with Crippen molar-refractivity contribution in [3.8, 4) is 5.75 Å². The summed E-state index contributed by atoms with van der Waals surface area (Å²) >= 11 is 0. The lowest BCUT2D eigenvalue weighted by Gasteiger charge is -2.27. The summed E-state index contributed by atoms with van der Waals surface area (Å²) in [6.07, 6.45) is 4.71. The zero-order valence-corrected chi connectivity index (χ0v) is 14.7. The minimum absolute atomic E-state index is 0. The highest BCUT2D eigenvalue weighted by molar-refractivity contribution is 7.89. The van der Waals surface area contributed by atoms with Gasteiger partial charge in [-0.1, -0.05) is 0 Å². The normalized spacial score (nSPS) is 27.5. The van der Waals surface area contributed by atoms with Gasteiger partial charge in [-0.25, -0.2) is 8.42 Å². The van der Waals surface area contributed by atoms with Gasteiger partial charge >= 0.3 is 0 Å². The molecule has 0 amide bonds. The van der Waals surface area contributed by atoms with Crippen LogP contribution < -0.4 is 10.1 Å². The predicted octanol–water partition coefficient (Wildman–Crippen LogP) is 1.95. The number of benzene rings is 1. The molecule has 2 bridgehead atoms. The quantitative estimate of drug-likeness (QED) is 0.877. The molecule has 1 N–H and O–H groups in total. The summed E-state index contributed by atoms with van der Waals surface area (Å²) in [7, 11) is -3.42. The Bertz CT molecular complexity index is 666. The van der Waals surface area contributed by atoms with Crippen molar-refractivity contribution in [1.29, 1.82) is 0 Å². The highest BCUT2D eigenvalue weighted by atomic mass is 35.5. The van der Waals surface area contributed by atoms with Gasteiger partial charge in [-0.2, -0.15) is 4.31 Å². The molecule has 0 saturated carbocycles. The van der Waals surface area contributed by atoms with E-state index in [4.69, 9.17) is 4.74 Å². The third-order valence-electron chi connectivity index (χ3n) is 5.04. The maximum absolute atomic E-state index is 13.1. The number of hydrogen-bond acceptors (Lipinski definition) is 4. The van der Waals surface area contributed by atoms with Crippen LogP contribution in [-0.2, 0) is 16.4 Å². The van der Waals surface area contributed by atoms with Crippen molar-refractivity contribution in [3.05, 3.63) is 23.8 Å². The summed E-state index contributed by atoms with van der Waals surface area (Å²) in [6, 6.07) is 5.60. The van der Waals surface area contributed by atoms with E-state index in [1.807, 2.05) is 12.1 Å². The van der Waals surface area contributed by atoms with Gasteiger partial charge in [0.05, 0.1) is 11.5 Å². The minimum Gasteiger partial charge on any atom is -0.493 e. The molecular formula is C16H23ClN2O3S. The molecule has 23 heavy (non-hydrogen) atoms. The Morgan fingerprint density at radius 2 is 2.00 bits per heavy atom. The topological polar surface area (TPSA) is 58.6 Å². The number of aryl methyl sites for hydroxylation is 1. The number of sulfonamides is 1. The molecule has 4 rings (SSSR count). The van der Waals surface area contributed by atoms with Gasteiger partial charge in [0.1, 0.15) is 5.75 Å². The first-order chi connectivity index (χ1) is 10.7. The van der Waals surface area contributed by atoms with Crippen molar-refractivity contribution in [2.45, 2.75) is 49.1 Å². The van der Waals surface area contributed by atoms with Gasteiger partial charge in [0.25, 0.3) is 0 Å². The second kappa shape index (κ2) is 6.59. The van der Waals surface area contributed by atoms with E-state index in [1.54, 1.807) is 10.4 Å². The van der Waals surface area contributed by atoms with Crippen molar-refractivity contribution >= 4 is 22.4 Å². The van der Waals surface area contributed by atoms with Crippen LogP contribution in [0.4, 0.5) is 0 Å². The molecule has 1 aromatic carbocycles. The van der Waals surface area contributed by atoms with E-state index < -0.39 is 10.0 Å². The maximum atomic E-state index is 13.1. The highest BCUT2D eigenvalue weighted by Gasteiger charge is 2.43. The molecule has 0 aliphatic carbocycles. The number of nitrogens with one attached hydrogen (secondary N) is 1. The van der Waals surface area contributed by atoms with E-state index in [9.17, 15) is 8.42 Å². The highest BCUT2D eigenvalue weighted by Crippen LogP contribution is 2.35. The van der Waals surface area contributed by atoms with E-state index in [0.717, 1.165) is 63.1 Å². The number of rotatable bonds is 2. The number of ether oxygens (including phenoxy) is 1. The number of nitrogens with zero attached hydrogens (tertiary/aromatic N) is 1. The molecular weight excluding hydrogens is 336 g/mol. The van der Waals surface area contributed by atoms with Crippen LogP contribution in [-0.4, -0.2) is 44.5 Å². The van der Waals surface area contributed by atoms with E-state index in [1.165, 1.54) is 0 Å². The molecule has 2 fully saturated rings. The molecule has 0 radical (unpaired) electrons. The lowest BCUT2D eigenvalue weighted by molar-refractivity contribution is 0.288. The van der Waals surface area contributed by atoms with Crippen LogP contribution in [0.15, 0.2) is 23.1 Å². The van der Waals surface area contributed by atoms with Crippen molar-refractivity contribution in [3.63, 3.8) is 0 Å². The van der Waals surface area contributed by atoms with Crippen LogP contribution in [0.25, 0.3) is 0 Å². The Morgan fingerprint density at radius 3 is 2.87 bits per heavy atom. The van der Waals surface area contributed by atoms with Crippen LogP contribution in [0.1, 0.15) is 31.2 Å². The van der Waals surface area contributed by atoms with E-state index in [2.05, 4.69) is 5.32 Å². The molecule has 3 aliphatic rings. The molecule has 0 spiro atoms. The number of halogens is 1. The Balaban J connectivity index is 0.00000156. The van der Waals surface area contributed by atoms with E-state index in [0.29, 0.717) is 4.90 Å². The van der Waals surface area contributed by atoms with Crippen molar-refractivity contribution in [2.24, 2.45) is 0 Å².